The van der Waals surface area contributed by atoms with E-state index in [2.05, 4.69) is 12.7 Å². The first-order valence-corrected chi connectivity index (χ1v) is 7.02. The van der Waals surface area contributed by atoms with E-state index in [9.17, 15) is 5.11 Å². The molecule has 1 aliphatic carbocycles. The Hall–Kier alpha value is -2.08. The minimum atomic E-state index is -0.619. The highest BCUT2D eigenvalue weighted by atomic mass is 16.3. The Bertz CT molecular complexity index is 653. The Morgan fingerprint density at radius 2 is 1.65 bits per heavy atom. The molecule has 1 N–H and O–H groups in total. The van der Waals surface area contributed by atoms with Crippen molar-refractivity contribution in [3.05, 3.63) is 82.6 Å². The van der Waals surface area contributed by atoms with Gasteiger partial charge in [-0.1, -0.05) is 60.2 Å². The van der Waals surface area contributed by atoms with Crippen LogP contribution in [0.2, 0.25) is 0 Å². The molecule has 1 aliphatic rings. The van der Waals surface area contributed by atoms with Crippen LogP contribution in [0.25, 0.3) is 5.57 Å². The fourth-order valence-electron chi connectivity index (χ4n) is 2.21. The Balaban J connectivity index is 2.03. The van der Waals surface area contributed by atoms with Gasteiger partial charge in [0.2, 0.25) is 0 Å². The van der Waals surface area contributed by atoms with Crippen molar-refractivity contribution in [2.45, 2.75) is 25.9 Å². The van der Waals surface area contributed by atoms with Gasteiger partial charge in [-0.3, -0.25) is 0 Å². The minimum absolute atomic E-state index is 0.619. The van der Waals surface area contributed by atoms with Crippen LogP contribution in [0.4, 0.5) is 0 Å². The second-order valence-corrected chi connectivity index (χ2v) is 5.32. The van der Waals surface area contributed by atoms with E-state index in [-0.39, 0.29) is 0 Å². The van der Waals surface area contributed by atoms with Gasteiger partial charge in [0.1, 0.15) is 6.10 Å². The minimum Gasteiger partial charge on any atom is -0.383 e. The van der Waals surface area contributed by atoms with Crippen LogP contribution in [0.5, 0.6) is 0 Å². The van der Waals surface area contributed by atoms with Gasteiger partial charge >= 0.3 is 0 Å². The number of benzene rings is 2. The highest BCUT2D eigenvalue weighted by Crippen LogP contribution is 2.33. The third-order valence-electron chi connectivity index (χ3n) is 3.56. The molecule has 100 valence electrons. The summed E-state index contributed by atoms with van der Waals surface area (Å²) in [5.41, 5.74) is 8.74. The summed E-state index contributed by atoms with van der Waals surface area (Å²) in [6, 6.07) is 18.1. The maximum atomic E-state index is 10.7. The molecule has 0 aliphatic heterocycles. The average Bonchev–Trinajstić information content (AvgIpc) is 3.30. The van der Waals surface area contributed by atoms with E-state index in [4.69, 9.17) is 0 Å². The average molecular weight is 262 g/mol. The van der Waals surface area contributed by atoms with Crippen molar-refractivity contribution < 1.29 is 5.11 Å². The monoisotopic (exact) mass is 262 g/mol. The molecule has 2 aromatic rings. The zero-order valence-electron chi connectivity index (χ0n) is 11.6. The second-order valence-electron chi connectivity index (χ2n) is 5.32. The zero-order chi connectivity index (χ0) is 13.9. The third kappa shape index (κ3) is 2.91. The van der Waals surface area contributed by atoms with E-state index in [1.165, 1.54) is 11.1 Å². The van der Waals surface area contributed by atoms with Crippen molar-refractivity contribution in [1.29, 1.82) is 0 Å². The maximum Gasteiger partial charge on any atom is 0.112 e. The molecule has 0 aromatic heterocycles. The highest BCUT2D eigenvalue weighted by molar-refractivity contribution is 5.70. The molecule has 0 spiro atoms. The van der Waals surface area contributed by atoms with Gasteiger partial charge in [0.25, 0.3) is 0 Å². The van der Waals surface area contributed by atoms with Crippen molar-refractivity contribution in [1.82, 2.24) is 0 Å². The number of hydrogen-bond donors (Lipinski definition) is 1. The normalized spacial score (nSPS) is 14.6. The van der Waals surface area contributed by atoms with Gasteiger partial charge in [0, 0.05) is 5.57 Å². The Labute approximate surface area is 119 Å². The fourth-order valence-corrected chi connectivity index (χ4v) is 2.21. The molecule has 0 saturated heterocycles. The van der Waals surface area contributed by atoms with Gasteiger partial charge < -0.3 is 5.11 Å². The summed E-state index contributed by atoms with van der Waals surface area (Å²) in [4.78, 5) is 0. The molecule has 1 saturated carbocycles. The Morgan fingerprint density at radius 3 is 2.25 bits per heavy atom. The van der Waals surface area contributed by atoms with Crippen LogP contribution < -0.4 is 0 Å². The molecule has 1 unspecified atom stereocenters. The van der Waals surface area contributed by atoms with Gasteiger partial charge in [-0.05, 0) is 36.5 Å². The largest absolute Gasteiger partial charge is 0.383 e. The highest BCUT2D eigenvalue weighted by Gasteiger charge is 2.17. The van der Waals surface area contributed by atoms with Crippen LogP contribution in [0.1, 0.15) is 35.6 Å². The summed E-state index contributed by atoms with van der Waals surface area (Å²) >= 11 is 0. The third-order valence-corrected chi connectivity index (χ3v) is 3.56. The molecule has 20 heavy (non-hydrogen) atoms. The molecule has 1 heteroatoms. The molecular weight excluding hydrogens is 244 g/mol. The fraction of sp³-hybridized carbons (Fsp3) is 0.211. The van der Waals surface area contributed by atoms with Crippen molar-refractivity contribution in [3.63, 3.8) is 0 Å². The standard InChI is InChI=1S/C19H18O/c1-14-7-11-17(12-8-14)19(20)18(13-15-9-10-15)16-5-3-2-4-6-16/h2-8,11-12,19-20H,9-10H2,1H3. The lowest BCUT2D eigenvalue weighted by Gasteiger charge is -2.14. The molecule has 3 rings (SSSR count). The van der Waals surface area contributed by atoms with Crippen molar-refractivity contribution in [2.24, 2.45) is 0 Å². The predicted octanol–water partition coefficient (Wildman–Crippen LogP) is 4.43. The maximum absolute atomic E-state index is 10.7. The first-order valence-electron chi connectivity index (χ1n) is 7.02. The first-order chi connectivity index (χ1) is 9.74. The summed E-state index contributed by atoms with van der Waals surface area (Å²) in [6.45, 7) is 2.05. The summed E-state index contributed by atoms with van der Waals surface area (Å²) < 4.78 is 0. The van der Waals surface area contributed by atoms with E-state index < -0.39 is 6.10 Å². The van der Waals surface area contributed by atoms with Crippen molar-refractivity contribution >= 4 is 5.57 Å². The summed E-state index contributed by atoms with van der Waals surface area (Å²) in [5, 5.41) is 10.7. The van der Waals surface area contributed by atoms with Crippen LogP contribution in [0.3, 0.4) is 0 Å². The smallest absolute Gasteiger partial charge is 0.112 e. The van der Waals surface area contributed by atoms with Crippen molar-refractivity contribution in [2.75, 3.05) is 0 Å². The van der Waals surface area contributed by atoms with Gasteiger partial charge in [-0.15, -0.1) is 5.73 Å². The number of rotatable bonds is 3. The molecular formula is C19H18O. The molecule has 1 fully saturated rings. The zero-order valence-corrected chi connectivity index (χ0v) is 11.6. The molecule has 0 radical (unpaired) electrons. The number of hydrogen-bond acceptors (Lipinski definition) is 1. The number of aliphatic hydroxyl groups excluding tert-OH is 1. The number of aliphatic hydroxyl groups is 1. The topological polar surface area (TPSA) is 20.2 Å². The molecule has 0 amide bonds. The summed E-state index contributed by atoms with van der Waals surface area (Å²) in [6.07, 6.45) is 1.60. The van der Waals surface area contributed by atoms with Crippen LogP contribution in [-0.4, -0.2) is 5.11 Å². The predicted molar refractivity (Wildman–Crippen MR) is 82.2 cm³/mol. The van der Waals surface area contributed by atoms with E-state index in [0.717, 1.165) is 29.5 Å². The first kappa shape index (κ1) is 12.9. The van der Waals surface area contributed by atoms with Gasteiger partial charge in [-0.2, -0.15) is 0 Å². The lowest BCUT2D eigenvalue weighted by Crippen LogP contribution is -2.00. The van der Waals surface area contributed by atoms with Crippen LogP contribution in [0, 0.1) is 6.92 Å². The van der Waals surface area contributed by atoms with Gasteiger partial charge in [0.15, 0.2) is 0 Å². The quantitative estimate of drug-likeness (QED) is 0.811. The summed E-state index contributed by atoms with van der Waals surface area (Å²) in [7, 11) is 0. The van der Waals surface area contributed by atoms with Gasteiger partial charge in [0.05, 0.1) is 0 Å². The molecule has 0 heterocycles. The van der Waals surface area contributed by atoms with Gasteiger partial charge in [-0.25, -0.2) is 0 Å². The number of aryl methyl sites for hydroxylation is 1. The summed E-state index contributed by atoms with van der Waals surface area (Å²) in [5.74, 6) is 0. The van der Waals surface area contributed by atoms with Crippen molar-refractivity contribution in [3.8, 4) is 0 Å². The molecule has 1 atom stereocenters. The lowest BCUT2D eigenvalue weighted by atomic mass is 9.95. The lowest BCUT2D eigenvalue weighted by molar-refractivity contribution is 0.238. The Morgan fingerprint density at radius 1 is 1.00 bits per heavy atom. The van der Waals surface area contributed by atoms with Crippen LogP contribution >= 0.6 is 0 Å². The van der Waals surface area contributed by atoms with E-state index in [0.29, 0.717) is 0 Å². The van der Waals surface area contributed by atoms with E-state index in [1.807, 2.05) is 54.6 Å². The molecule has 1 nitrogen and oxygen atoms in total. The van der Waals surface area contributed by atoms with Crippen LogP contribution in [0.15, 0.2) is 65.9 Å². The SMILES string of the molecule is Cc1ccc(C(O)C(=C=C2CC2)c2ccccc2)cc1. The van der Waals surface area contributed by atoms with E-state index >= 15 is 0 Å². The second kappa shape index (κ2) is 5.50. The molecule has 2 aromatic carbocycles. The Kier molecular flexibility index (Phi) is 3.56. The van der Waals surface area contributed by atoms with E-state index in [1.54, 1.807) is 0 Å². The van der Waals surface area contributed by atoms with Crippen LogP contribution in [-0.2, 0) is 0 Å². The molecule has 0 bridgehead atoms.